The van der Waals surface area contributed by atoms with Crippen molar-refractivity contribution in [2.75, 3.05) is 26.8 Å². The first-order valence-corrected chi connectivity index (χ1v) is 7.82. The summed E-state index contributed by atoms with van der Waals surface area (Å²) < 4.78 is 5.00. The normalized spacial score (nSPS) is 18.5. The summed E-state index contributed by atoms with van der Waals surface area (Å²) in [7, 11) is 1.70. The summed E-state index contributed by atoms with van der Waals surface area (Å²) in [6, 6.07) is 8.06. The Morgan fingerprint density at radius 3 is 2.81 bits per heavy atom. The summed E-state index contributed by atoms with van der Waals surface area (Å²) in [6.45, 7) is 3.17. The number of nitrogens with one attached hydrogen (secondary N) is 1. The van der Waals surface area contributed by atoms with E-state index in [2.05, 4.69) is 5.32 Å². The van der Waals surface area contributed by atoms with E-state index >= 15 is 0 Å². The molecule has 0 bridgehead atoms. The fourth-order valence-electron chi connectivity index (χ4n) is 2.67. The van der Waals surface area contributed by atoms with Crippen molar-refractivity contribution < 1.29 is 9.53 Å². The number of amides is 1. The van der Waals surface area contributed by atoms with Crippen LogP contribution in [0.15, 0.2) is 24.3 Å². The van der Waals surface area contributed by atoms with Crippen molar-refractivity contribution in [3.63, 3.8) is 0 Å². The molecule has 21 heavy (non-hydrogen) atoms. The molecule has 1 aliphatic heterocycles. The van der Waals surface area contributed by atoms with Gasteiger partial charge in [-0.15, -0.1) is 0 Å². The maximum absolute atomic E-state index is 12.1. The summed E-state index contributed by atoms with van der Waals surface area (Å²) in [5.74, 6) is 0.256. The second-order valence-corrected chi connectivity index (χ2v) is 5.81. The van der Waals surface area contributed by atoms with Gasteiger partial charge in [0, 0.05) is 37.7 Å². The molecule has 0 radical (unpaired) electrons. The molecule has 1 saturated heterocycles. The Morgan fingerprint density at radius 2 is 2.10 bits per heavy atom. The summed E-state index contributed by atoms with van der Waals surface area (Å²) in [5, 5.41) is 4.07. The number of hydrogen-bond acceptors (Lipinski definition) is 3. The third-order valence-corrected chi connectivity index (χ3v) is 4.11. The van der Waals surface area contributed by atoms with Gasteiger partial charge in [-0.2, -0.15) is 0 Å². The Labute approximate surface area is 131 Å². The van der Waals surface area contributed by atoms with Crippen molar-refractivity contribution >= 4 is 17.5 Å². The molecule has 0 spiro atoms. The number of carbonyl (C=O) groups is 1. The molecule has 1 amide bonds. The second-order valence-electron chi connectivity index (χ2n) is 5.37. The molecular formula is C16H23ClN2O2. The molecule has 1 aliphatic rings. The van der Waals surface area contributed by atoms with Crippen LogP contribution in [0.4, 0.5) is 0 Å². The smallest absolute Gasteiger partial charge is 0.223 e. The monoisotopic (exact) mass is 310 g/mol. The highest BCUT2D eigenvalue weighted by Crippen LogP contribution is 2.24. The number of likely N-dealkylation sites (tertiary alicyclic amines) is 1. The zero-order chi connectivity index (χ0) is 15.1. The van der Waals surface area contributed by atoms with Crippen LogP contribution in [0.1, 0.15) is 24.8 Å². The topological polar surface area (TPSA) is 41.6 Å². The Morgan fingerprint density at radius 1 is 1.33 bits per heavy atom. The number of carbonyl (C=O) groups excluding carboxylic acids is 1. The lowest BCUT2D eigenvalue weighted by molar-refractivity contribution is -0.129. The molecule has 116 valence electrons. The van der Waals surface area contributed by atoms with Gasteiger partial charge in [0.25, 0.3) is 0 Å². The van der Waals surface area contributed by atoms with Crippen LogP contribution in [0.3, 0.4) is 0 Å². The number of rotatable bonds is 8. The van der Waals surface area contributed by atoms with Crippen LogP contribution < -0.4 is 5.32 Å². The van der Waals surface area contributed by atoms with Gasteiger partial charge in [-0.05, 0) is 37.1 Å². The third-order valence-electron chi connectivity index (χ3n) is 3.86. The highest BCUT2D eigenvalue weighted by atomic mass is 35.5. The van der Waals surface area contributed by atoms with Crippen LogP contribution in [0.25, 0.3) is 0 Å². The lowest BCUT2D eigenvalue weighted by Gasteiger charge is -2.25. The zero-order valence-electron chi connectivity index (χ0n) is 12.5. The van der Waals surface area contributed by atoms with Gasteiger partial charge in [0.2, 0.25) is 5.91 Å². The van der Waals surface area contributed by atoms with Gasteiger partial charge >= 0.3 is 0 Å². The summed E-state index contributed by atoms with van der Waals surface area (Å²) in [6.07, 6.45) is 2.61. The summed E-state index contributed by atoms with van der Waals surface area (Å²) >= 11 is 5.90. The second kappa shape index (κ2) is 8.37. The van der Waals surface area contributed by atoms with Gasteiger partial charge in [-0.25, -0.2) is 0 Å². The lowest BCUT2D eigenvalue weighted by atomic mass is 10.1. The van der Waals surface area contributed by atoms with Crippen LogP contribution in [0.5, 0.6) is 0 Å². The van der Waals surface area contributed by atoms with Crippen molar-refractivity contribution in [3.8, 4) is 0 Å². The molecule has 1 unspecified atom stereocenters. The number of hydrogen-bond donors (Lipinski definition) is 1. The van der Waals surface area contributed by atoms with E-state index in [9.17, 15) is 4.79 Å². The van der Waals surface area contributed by atoms with Crippen molar-refractivity contribution in [3.05, 3.63) is 34.9 Å². The van der Waals surface area contributed by atoms with E-state index in [0.717, 1.165) is 43.1 Å². The van der Waals surface area contributed by atoms with Crippen LogP contribution in [-0.4, -0.2) is 43.7 Å². The Bertz CT molecular complexity index is 450. The molecule has 0 aromatic heterocycles. The fourth-order valence-corrected chi connectivity index (χ4v) is 2.79. The van der Waals surface area contributed by atoms with E-state index in [0.29, 0.717) is 19.0 Å². The average molecular weight is 311 g/mol. The number of benzene rings is 1. The number of methoxy groups -OCH3 is 1. The quantitative estimate of drug-likeness (QED) is 0.750. The average Bonchev–Trinajstić information content (AvgIpc) is 2.82. The first kappa shape index (κ1) is 16.3. The number of ether oxygens (including phenoxy) is 1. The molecule has 4 nitrogen and oxygen atoms in total. The van der Waals surface area contributed by atoms with E-state index in [1.54, 1.807) is 7.11 Å². The lowest BCUT2D eigenvalue weighted by Crippen LogP contribution is -2.35. The molecule has 5 heteroatoms. The van der Waals surface area contributed by atoms with Gasteiger partial charge in [0.05, 0.1) is 6.61 Å². The van der Waals surface area contributed by atoms with Gasteiger partial charge in [0.15, 0.2) is 0 Å². The molecule has 2 rings (SSSR count). The van der Waals surface area contributed by atoms with E-state index in [1.807, 2.05) is 29.2 Å². The van der Waals surface area contributed by atoms with Crippen molar-refractivity contribution in [2.24, 2.45) is 0 Å². The van der Waals surface area contributed by atoms with Crippen molar-refractivity contribution in [2.45, 2.75) is 31.8 Å². The molecule has 1 aromatic rings. The van der Waals surface area contributed by atoms with Crippen LogP contribution in [0.2, 0.25) is 5.02 Å². The summed E-state index contributed by atoms with van der Waals surface area (Å²) in [4.78, 5) is 14.1. The highest BCUT2D eigenvalue weighted by molar-refractivity contribution is 6.30. The predicted octanol–water partition coefficient (Wildman–Crippen LogP) is 2.46. The largest absolute Gasteiger partial charge is 0.383 e. The molecule has 1 heterocycles. The first-order chi connectivity index (χ1) is 10.2. The first-order valence-electron chi connectivity index (χ1n) is 7.44. The Kier molecular flexibility index (Phi) is 6.49. The standard InChI is InChI=1S/C16H23ClN2O2/c1-21-11-10-18-9-8-15-6-7-16(20)19(15)12-13-2-4-14(17)5-3-13/h2-5,15,18H,6-12H2,1H3. The molecule has 1 aromatic carbocycles. The van der Waals surface area contributed by atoms with E-state index in [-0.39, 0.29) is 5.91 Å². The maximum Gasteiger partial charge on any atom is 0.223 e. The van der Waals surface area contributed by atoms with E-state index < -0.39 is 0 Å². The van der Waals surface area contributed by atoms with Crippen molar-refractivity contribution in [1.29, 1.82) is 0 Å². The van der Waals surface area contributed by atoms with Gasteiger partial charge in [-0.1, -0.05) is 23.7 Å². The SMILES string of the molecule is COCCNCCC1CCC(=O)N1Cc1ccc(Cl)cc1. The molecule has 1 atom stereocenters. The Hall–Kier alpha value is -1.10. The number of halogens is 1. The summed E-state index contributed by atoms with van der Waals surface area (Å²) in [5.41, 5.74) is 1.13. The van der Waals surface area contributed by atoms with E-state index in [1.165, 1.54) is 0 Å². The fraction of sp³-hybridized carbons (Fsp3) is 0.562. The third kappa shape index (κ3) is 4.99. The molecular weight excluding hydrogens is 288 g/mol. The predicted molar refractivity (Wildman–Crippen MR) is 84.4 cm³/mol. The molecule has 0 saturated carbocycles. The minimum absolute atomic E-state index is 0.256. The minimum atomic E-state index is 0.256. The minimum Gasteiger partial charge on any atom is -0.383 e. The van der Waals surface area contributed by atoms with Crippen molar-refractivity contribution in [1.82, 2.24) is 10.2 Å². The number of nitrogens with zero attached hydrogens (tertiary/aromatic N) is 1. The molecule has 1 fully saturated rings. The zero-order valence-corrected chi connectivity index (χ0v) is 13.2. The highest BCUT2D eigenvalue weighted by Gasteiger charge is 2.30. The van der Waals surface area contributed by atoms with Gasteiger partial charge in [-0.3, -0.25) is 4.79 Å². The van der Waals surface area contributed by atoms with Crippen LogP contribution in [-0.2, 0) is 16.1 Å². The molecule has 1 N–H and O–H groups in total. The maximum atomic E-state index is 12.1. The van der Waals surface area contributed by atoms with E-state index in [4.69, 9.17) is 16.3 Å². The molecule has 0 aliphatic carbocycles. The van der Waals surface area contributed by atoms with Gasteiger partial charge in [0.1, 0.15) is 0 Å². The van der Waals surface area contributed by atoms with Gasteiger partial charge < -0.3 is 15.0 Å². The Balaban J connectivity index is 1.83. The van der Waals surface area contributed by atoms with Crippen LogP contribution >= 0.6 is 11.6 Å². The van der Waals surface area contributed by atoms with Crippen LogP contribution in [0, 0.1) is 0 Å².